The van der Waals surface area contributed by atoms with E-state index in [-0.39, 0.29) is 0 Å². The molecule has 0 bridgehead atoms. The van der Waals surface area contributed by atoms with Gasteiger partial charge in [-0.2, -0.15) is 0 Å². The number of hydrogen-bond acceptors (Lipinski definition) is 0. The molecule has 0 heterocycles. The fourth-order valence-electron chi connectivity index (χ4n) is 2.54. The Balaban J connectivity index is 2.10. The molecule has 3 aromatic carbocycles. The molecule has 0 saturated heterocycles. The zero-order chi connectivity index (χ0) is 15.5. The first-order valence-electron chi connectivity index (χ1n) is 6.90. The molecule has 22 heavy (non-hydrogen) atoms. The number of halogens is 3. The van der Waals surface area contributed by atoms with Gasteiger partial charge in [-0.1, -0.05) is 84.5 Å². The number of hydrogen-bond donors (Lipinski definition) is 0. The van der Waals surface area contributed by atoms with Crippen molar-refractivity contribution in [2.24, 2.45) is 0 Å². The first-order chi connectivity index (χ1) is 10.6. The van der Waals surface area contributed by atoms with Crippen LogP contribution in [0.15, 0.2) is 72.8 Å². The lowest BCUT2D eigenvalue weighted by Gasteiger charge is -2.14. The summed E-state index contributed by atoms with van der Waals surface area (Å²) in [5, 5.41) is 2.26. The Kier molecular flexibility index (Phi) is 5.14. The summed E-state index contributed by atoms with van der Waals surface area (Å²) in [7, 11) is 0. The van der Waals surface area contributed by atoms with Crippen LogP contribution in [0.1, 0.15) is 0 Å². The van der Waals surface area contributed by atoms with Gasteiger partial charge in [-0.05, 0) is 36.4 Å². The standard InChI is InChI=1S/3C6H4Cl.Al/c3*7-6-4-2-1-3-5-6;/h3*2-5H;. The quantitative estimate of drug-likeness (QED) is 0.615. The van der Waals surface area contributed by atoms with Gasteiger partial charge in [0, 0.05) is 15.1 Å². The molecule has 0 unspecified atom stereocenters. The summed E-state index contributed by atoms with van der Waals surface area (Å²) >= 11 is 16.5. The van der Waals surface area contributed by atoms with Gasteiger partial charge in [-0.3, -0.25) is 0 Å². The summed E-state index contributed by atoms with van der Waals surface area (Å²) in [6.07, 6.45) is 0. The third-order valence-electron chi connectivity index (χ3n) is 3.61. The summed E-state index contributed by atoms with van der Waals surface area (Å²) in [5.74, 6) is 0. The van der Waals surface area contributed by atoms with E-state index in [9.17, 15) is 0 Å². The molecular formula is C18H12AlCl3. The highest BCUT2D eigenvalue weighted by Gasteiger charge is 2.24. The first-order valence-corrected chi connectivity index (χ1v) is 9.76. The Bertz CT molecular complexity index is 642. The summed E-state index contributed by atoms with van der Waals surface area (Å²) in [4.78, 5) is 0. The minimum atomic E-state index is -1.55. The Labute approximate surface area is 149 Å². The van der Waals surface area contributed by atoms with Gasteiger partial charge in [0.25, 0.3) is 0 Å². The molecule has 4 heteroatoms. The SMILES string of the molecule is Clc1cc[c]([Al]([c]2ccc(Cl)cc2)[c]2ccc(Cl)cc2)cc1. The summed E-state index contributed by atoms with van der Waals surface area (Å²) in [5.41, 5.74) is 0. The van der Waals surface area contributed by atoms with Gasteiger partial charge in [0.05, 0.1) is 0 Å². The van der Waals surface area contributed by atoms with Crippen LogP contribution in [0.3, 0.4) is 0 Å². The summed E-state index contributed by atoms with van der Waals surface area (Å²) in [6.45, 7) is 0. The Morgan fingerprint density at radius 1 is 0.409 bits per heavy atom. The van der Waals surface area contributed by atoms with Crippen molar-refractivity contribution in [2.45, 2.75) is 0 Å². The van der Waals surface area contributed by atoms with Crippen molar-refractivity contribution < 1.29 is 0 Å². The van der Waals surface area contributed by atoms with Crippen molar-refractivity contribution in [3.8, 4) is 0 Å². The number of rotatable bonds is 3. The molecule has 108 valence electrons. The third-order valence-corrected chi connectivity index (χ3v) is 7.52. The minimum Gasteiger partial charge on any atom is -0.0985 e. The van der Waals surface area contributed by atoms with Crippen molar-refractivity contribution in [3.05, 3.63) is 87.9 Å². The van der Waals surface area contributed by atoms with Crippen LogP contribution in [0.4, 0.5) is 0 Å². The van der Waals surface area contributed by atoms with Crippen LogP contribution in [0.5, 0.6) is 0 Å². The van der Waals surface area contributed by atoms with E-state index >= 15 is 0 Å². The Hall–Kier alpha value is -0.938. The van der Waals surface area contributed by atoms with Crippen LogP contribution < -0.4 is 13.3 Å². The molecule has 0 aromatic heterocycles. The van der Waals surface area contributed by atoms with Gasteiger partial charge in [0.2, 0.25) is 0 Å². The van der Waals surface area contributed by atoms with Crippen molar-refractivity contribution in [1.82, 2.24) is 0 Å². The Morgan fingerprint density at radius 2 is 0.636 bits per heavy atom. The highest BCUT2D eigenvalue weighted by atomic mass is 35.5. The van der Waals surface area contributed by atoms with E-state index in [4.69, 9.17) is 34.8 Å². The van der Waals surface area contributed by atoms with E-state index in [2.05, 4.69) is 36.4 Å². The van der Waals surface area contributed by atoms with Gasteiger partial charge >= 0.3 is 14.1 Å². The molecule has 0 radical (unpaired) electrons. The molecule has 0 saturated carbocycles. The third kappa shape index (κ3) is 3.69. The average molecular weight is 362 g/mol. The molecule has 0 atom stereocenters. The molecule has 0 aliphatic carbocycles. The number of benzene rings is 3. The smallest absolute Gasteiger partial charge is 0.0985 e. The van der Waals surface area contributed by atoms with E-state index in [1.165, 1.54) is 13.3 Å². The predicted molar refractivity (Wildman–Crippen MR) is 99.0 cm³/mol. The Morgan fingerprint density at radius 3 is 0.864 bits per heavy atom. The van der Waals surface area contributed by atoms with E-state index < -0.39 is 14.1 Å². The van der Waals surface area contributed by atoms with Crippen LogP contribution >= 0.6 is 34.8 Å². The molecule has 3 rings (SSSR count). The van der Waals surface area contributed by atoms with Crippen LogP contribution in [0, 0.1) is 0 Å². The lowest BCUT2D eigenvalue weighted by atomic mass is 10.3. The van der Waals surface area contributed by atoms with Gasteiger partial charge < -0.3 is 0 Å². The fraction of sp³-hybridized carbons (Fsp3) is 0. The molecule has 0 fully saturated rings. The summed E-state index contributed by atoms with van der Waals surface area (Å²) in [6, 6.07) is 24.4. The molecule has 0 amide bonds. The molecule has 3 aromatic rings. The van der Waals surface area contributed by atoms with Crippen LogP contribution in [0.2, 0.25) is 15.1 Å². The van der Waals surface area contributed by atoms with E-state index in [1.54, 1.807) is 0 Å². The van der Waals surface area contributed by atoms with Crippen molar-refractivity contribution in [3.63, 3.8) is 0 Å². The molecule has 0 spiro atoms. The van der Waals surface area contributed by atoms with Gasteiger partial charge in [-0.25, -0.2) is 0 Å². The molecule has 0 aliphatic heterocycles. The minimum absolute atomic E-state index is 0.753. The molecule has 0 nitrogen and oxygen atoms in total. The van der Waals surface area contributed by atoms with Crippen molar-refractivity contribution >= 4 is 62.2 Å². The normalized spacial score (nSPS) is 10.5. The van der Waals surface area contributed by atoms with Crippen LogP contribution in [0.25, 0.3) is 0 Å². The largest absolute Gasteiger partial charge is 0.383 e. The zero-order valence-electron chi connectivity index (χ0n) is 11.6. The van der Waals surface area contributed by atoms with Crippen LogP contribution in [-0.4, -0.2) is 14.1 Å². The highest BCUT2D eigenvalue weighted by molar-refractivity contribution is 6.95. The van der Waals surface area contributed by atoms with Gasteiger partial charge in [0.15, 0.2) is 0 Å². The lowest BCUT2D eigenvalue weighted by molar-refractivity contribution is 1.71. The van der Waals surface area contributed by atoms with Crippen molar-refractivity contribution in [1.29, 1.82) is 0 Å². The first kappa shape index (κ1) is 15.9. The van der Waals surface area contributed by atoms with Gasteiger partial charge in [0.1, 0.15) is 0 Å². The highest BCUT2D eigenvalue weighted by Crippen LogP contribution is 2.09. The second kappa shape index (κ2) is 7.09. The maximum Gasteiger partial charge on any atom is 0.383 e. The summed E-state index contributed by atoms with van der Waals surface area (Å²) < 4.78 is 3.94. The monoisotopic (exact) mass is 360 g/mol. The second-order valence-corrected chi connectivity index (χ2v) is 9.26. The van der Waals surface area contributed by atoms with E-state index in [0.717, 1.165) is 15.1 Å². The topological polar surface area (TPSA) is 0 Å². The second-order valence-electron chi connectivity index (χ2n) is 5.09. The maximum absolute atomic E-state index is 6.03. The zero-order valence-corrected chi connectivity index (χ0v) is 15.1. The van der Waals surface area contributed by atoms with Crippen LogP contribution in [-0.2, 0) is 0 Å². The fourth-order valence-corrected chi connectivity index (χ4v) is 5.81. The average Bonchev–Trinajstić information content (AvgIpc) is 2.53. The molecule has 0 N–H and O–H groups in total. The predicted octanol–water partition coefficient (Wildman–Crippen LogP) is 4.16. The van der Waals surface area contributed by atoms with Gasteiger partial charge in [-0.15, -0.1) is 0 Å². The molecule has 0 aliphatic rings. The van der Waals surface area contributed by atoms with E-state index in [0.29, 0.717) is 0 Å². The van der Waals surface area contributed by atoms with Crippen molar-refractivity contribution in [2.75, 3.05) is 0 Å². The maximum atomic E-state index is 6.03. The lowest BCUT2D eigenvalue weighted by Crippen LogP contribution is -2.51. The van der Waals surface area contributed by atoms with E-state index in [1.807, 2.05) is 36.4 Å². The molecular weight excluding hydrogens is 350 g/mol.